The van der Waals surface area contributed by atoms with Crippen molar-refractivity contribution in [3.63, 3.8) is 0 Å². The van der Waals surface area contributed by atoms with Gasteiger partial charge in [-0.05, 0) is 51.5 Å². The summed E-state index contributed by atoms with van der Waals surface area (Å²) < 4.78 is 7.03. The Hall–Kier alpha value is -3.27. The van der Waals surface area contributed by atoms with Gasteiger partial charge in [0.15, 0.2) is 17.3 Å². The SMILES string of the molecule is COc1cc(O)c(CNc2nc(NC3CCC(N)CC3)nc3c(C(C)C)nn(C(C)C)c23)cc1O. The zero-order valence-electron chi connectivity index (χ0n) is 21.2. The number of aromatic hydroxyl groups is 2. The van der Waals surface area contributed by atoms with Crippen LogP contribution in [0.1, 0.15) is 76.6 Å². The van der Waals surface area contributed by atoms with Gasteiger partial charge in [0.2, 0.25) is 5.95 Å². The summed E-state index contributed by atoms with van der Waals surface area (Å²) in [5, 5.41) is 32.4. The largest absolute Gasteiger partial charge is 0.507 e. The number of phenols is 2. The number of anilines is 2. The van der Waals surface area contributed by atoms with Crippen LogP contribution in [0, 0.1) is 0 Å². The number of nitrogens with zero attached hydrogens (tertiary/aromatic N) is 4. The van der Waals surface area contributed by atoms with Gasteiger partial charge in [0, 0.05) is 36.3 Å². The summed E-state index contributed by atoms with van der Waals surface area (Å²) in [6.07, 6.45) is 3.92. The van der Waals surface area contributed by atoms with E-state index < -0.39 is 0 Å². The maximum absolute atomic E-state index is 10.4. The van der Waals surface area contributed by atoms with Crippen LogP contribution in [0.25, 0.3) is 11.0 Å². The summed E-state index contributed by atoms with van der Waals surface area (Å²) in [5.41, 5.74) is 9.14. The molecule has 0 unspecified atom stereocenters. The van der Waals surface area contributed by atoms with E-state index in [4.69, 9.17) is 25.5 Å². The predicted octanol–water partition coefficient (Wildman–Crippen LogP) is 4.24. The third kappa shape index (κ3) is 5.22. The standard InChI is InChI=1S/C25H37N7O3/c1-13(2)21-22-23(32(31-21)14(3)4)24(27-12-15-10-19(34)20(35-5)11-18(15)33)30-25(29-22)28-17-8-6-16(26)7-9-17/h10-11,13-14,16-17,33-34H,6-9,12,26H2,1-5H3,(H2,27,28,29,30). The minimum atomic E-state index is -0.0397. The summed E-state index contributed by atoms with van der Waals surface area (Å²) in [6, 6.07) is 3.52. The number of ether oxygens (including phenoxy) is 1. The average Bonchev–Trinajstić information content (AvgIpc) is 3.21. The van der Waals surface area contributed by atoms with Crippen LogP contribution in [0.2, 0.25) is 0 Å². The van der Waals surface area contributed by atoms with E-state index >= 15 is 0 Å². The maximum atomic E-state index is 10.4. The molecule has 10 nitrogen and oxygen atoms in total. The molecule has 1 aliphatic carbocycles. The highest BCUT2D eigenvalue weighted by Crippen LogP contribution is 2.35. The molecule has 1 saturated carbocycles. The molecule has 1 aromatic carbocycles. The van der Waals surface area contributed by atoms with E-state index in [1.165, 1.54) is 19.2 Å². The van der Waals surface area contributed by atoms with E-state index in [2.05, 4.69) is 38.3 Å². The van der Waals surface area contributed by atoms with Crippen molar-refractivity contribution in [2.24, 2.45) is 5.73 Å². The number of methoxy groups -OCH3 is 1. The van der Waals surface area contributed by atoms with Crippen LogP contribution in [0.5, 0.6) is 17.2 Å². The van der Waals surface area contributed by atoms with E-state index in [1.807, 2.05) is 4.68 Å². The normalized spacial score (nSPS) is 18.4. The van der Waals surface area contributed by atoms with Crippen LogP contribution in [-0.4, -0.2) is 49.2 Å². The van der Waals surface area contributed by atoms with Gasteiger partial charge in [-0.3, -0.25) is 4.68 Å². The van der Waals surface area contributed by atoms with Gasteiger partial charge >= 0.3 is 0 Å². The second-order valence-corrected chi connectivity index (χ2v) is 9.93. The van der Waals surface area contributed by atoms with E-state index in [0.29, 0.717) is 17.3 Å². The zero-order valence-corrected chi connectivity index (χ0v) is 21.2. The van der Waals surface area contributed by atoms with Gasteiger partial charge < -0.3 is 31.3 Å². The molecule has 0 aliphatic heterocycles. The Labute approximate surface area is 205 Å². The molecule has 1 aliphatic rings. The van der Waals surface area contributed by atoms with Gasteiger partial charge in [0.25, 0.3) is 0 Å². The van der Waals surface area contributed by atoms with Crippen molar-refractivity contribution in [2.75, 3.05) is 17.7 Å². The fourth-order valence-electron chi connectivity index (χ4n) is 4.55. The minimum Gasteiger partial charge on any atom is -0.507 e. The first-order valence-electron chi connectivity index (χ1n) is 12.3. The van der Waals surface area contributed by atoms with Crippen molar-refractivity contribution < 1.29 is 14.9 Å². The molecule has 0 spiro atoms. The van der Waals surface area contributed by atoms with Crippen LogP contribution >= 0.6 is 0 Å². The highest BCUT2D eigenvalue weighted by Gasteiger charge is 2.24. The maximum Gasteiger partial charge on any atom is 0.225 e. The quantitative estimate of drug-likeness (QED) is 0.297. The van der Waals surface area contributed by atoms with E-state index in [9.17, 15) is 10.2 Å². The van der Waals surface area contributed by atoms with Gasteiger partial charge in [-0.2, -0.15) is 10.1 Å². The van der Waals surface area contributed by atoms with Gasteiger partial charge in [0.1, 0.15) is 16.8 Å². The third-order valence-corrected chi connectivity index (χ3v) is 6.54. The van der Waals surface area contributed by atoms with Crippen LogP contribution in [0.15, 0.2) is 12.1 Å². The van der Waals surface area contributed by atoms with Gasteiger partial charge in [-0.1, -0.05) is 13.8 Å². The second-order valence-electron chi connectivity index (χ2n) is 9.93. The minimum absolute atomic E-state index is 0.0228. The Morgan fingerprint density at radius 3 is 2.43 bits per heavy atom. The molecule has 6 N–H and O–H groups in total. The number of nitrogens with one attached hydrogen (secondary N) is 2. The molecular formula is C25H37N7O3. The predicted molar refractivity (Wildman–Crippen MR) is 137 cm³/mol. The van der Waals surface area contributed by atoms with Crippen molar-refractivity contribution in [1.29, 1.82) is 0 Å². The molecule has 1 fully saturated rings. The Morgan fingerprint density at radius 1 is 1.09 bits per heavy atom. The number of hydrogen-bond donors (Lipinski definition) is 5. The van der Waals surface area contributed by atoms with Gasteiger partial charge in [-0.15, -0.1) is 0 Å². The topological polar surface area (TPSA) is 143 Å². The van der Waals surface area contributed by atoms with E-state index in [0.717, 1.165) is 42.4 Å². The lowest BCUT2D eigenvalue weighted by atomic mass is 9.92. The number of nitrogens with two attached hydrogens (primary N) is 1. The number of benzene rings is 1. The summed E-state index contributed by atoms with van der Waals surface area (Å²) in [5.74, 6) is 1.55. The van der Waals surface area contributed by atoms with Crippen molar-refractivity contribution in [3.8, 4) is 17.2 Å². The van der Waals surface area contributed by atoms with Crippen molar-refractivity contribution in [3.05, 3.63) is 23.4 Å². The number of hydrogen-bond acceptors (Lipinski definition) is 9. The Morgan fingerprint density at radius 2 is 1.80 bits per heavy atom. The molecule has 2 heterocycles. The van der Waals surface area contributed by atoms with E-state index in [-0.39, 0.29) is 47.8 Å². The summed E-state index contributed by atoms with van der Waals surface area (Å²) in [6.45, 7) is 8.61. The molecule has 2 aromatic heterocycles. The van der Waals surface area contributed by atoms with Crippen LogP contribution in [0.3, 0.4) is 0 Å². The number of phenolic OH excluding ortho intramolecular Hbond substituents is 2. The third-order valence-electron chi connectivity index (χ3n) is 6.54. The zero-order chi connectivity index (χ0) is 25.3. The van der Waals surface area contributed by atoms with Crippen LogP contribution < -0.4 is 21.1 Å². The molecule has 10 heteroatoms. The average molecular weight is 484 g/mol. The summed E-state index contributed by atoms with van der Waals surface area (Å²) in [4.78, 5) is 9.74. The Bertz CT molecular complexity index is 1180. The number of fused-ring (bicyclic) bond motifs is 1. The molecule has 4 rings (SSSR count). The van der Waals surface area contributed by atoms with Crippen molar-refractivity contribution in [2.45, 2.75) is 84.0 Å². The lowest BCUT2D eigenvalue weighted by molar-refractivity contribution is 0.367. The van der Waals surface area contributed by atoms with Crippen LogP contribution in [0.4, 0.5) is 11.8 Å². The lowest BCUT2D eigenvalue weighted by Crippen LogP contribution is -2.33. The molecule has 35 heavy (non-hydrogen) atoms. The highest BCUT2D eigenvalue weighted by molar-refractivity contribution is 5.89. The fraction of sp³-hybridized carbons (Fsp3) is 0.560. The van der Waals surface area contributed by atoms with Gasteiger partial charge in [0.05, 0.1) is 12.8 Å². The first-order chi connectivity index (χ1) is 16.7. The molecule has 0 atom stereocenters. The molecular weight excluding hydrogens is 446 g/mol. The molecule has 0 bridgehead atoms. The Kier molecular flexibility index (Phi) is 7.20. The van der Waals surface area contributed by atoms with Crippen molar-refractivity contribution >= 4 is 22.8 Å². The Balaban J connectivity index is 1.74. The summed E-state index contributed by atoms with van der Waals surface area (Å²) in [7, 11) is 1.44. The highest BCUT2D eigenvalue weighted by atomic mass is 16.5. The number of aromatic nitrogens is 4. The molecule has 0 radical (unpaired) electrons. The fourth-order valence-corrected chi connectivity index (χ4v) is 4.55. The molecule has 190 valence electrons. The lowest BCUT2D eigenvalue weighted by Gasteiger charge is -2.27. The van der Waals surface area contributed by atoms with Crippen LogP contribution in [-0.2, 0) is 6.54 Å². The second kappa shape index (κ2) is 10.2. The van der Waals surface area contributed by atoms with E-state index in [1.54, 1.807) is 0 Å². The van der Waals surface area contributed by atoms with Gasteiger partial charge in [-0.25, -0.2) is 4.98 Å². The molecule has 0 saturated heterocycles. The first kappa shape index (κ1) is 24.8. The molecule has 0 amide bonds. The number of rotatable bonds is 8. The first-order valence-corrected chi connectivity index (χ1v) is 12.3. The molecule has 3 aromatic rings. The smallest absolute Gasteiger partial charge is 0.225 e. The monoisotopic (exact) mass is 483 g/mol. The van der Waals surface area contributed by atoms with Crippen molar-refractivity contribution in [1.82, 2.24) is 19.7 Å². The summed E-state index contributed by atoms with van der Waals surface area (Å²) >= 11 is 0.